The molecule has 4 fully saturated rings. The summed E-state index contributed by atoms with van der Waals surface area (Å²) in [5.74, 6) is 2.64. The molecule has 0 spiro atoms. The van der Waals surface area contributed by atoms with Crippen LogP contribution in [-0.2, 0) is 0 Å². The van der Waals surface area contributed by atoms with E-state index in [4.69, 9.17) is 0 Å². The molecule has 0 aromatic heterocycles. The van der Waals surface area contributed by atoms with Crippen LogP contribution in [0.15, 0.2) is 0 Å². The van der Waals surface area contributed by atoms with Gasteiger partial charge in [0.2, 0.25) is 0 Å². The van der Waals surface area contributed by atoms with Crippen LogP contribution in [0.25, 0.3) is 0 Å². The summed E-state index contributed by atoms with van der Waals surface area (Å²) < 4.78 is 0. The van der Waals surface area contributed by atoms with Gasteiger partial charge in [0.05, 0.1) is 17.8 Å². The van der Waals surface area contributed by atoms with E-state index in [0.717, 1.165) is 18.8 Å². The van der Waals surface area contributed by atoms with E-state index < -0.39 is 11.7 Å². The van der Waals surface area contributed by atoms with Crippen molar-refractivity contribution in [1.82, 2.24) is 0 Å². The Morgan fingerprint density at radius 2 is 1.24 bits per heavy atom. The molecule has 10 atom stereocenters. The Kier molecular flexibility index (Phi) is 6.49. The average Bonchev–Trinajstić information content (AvgIpc) is 3.01. The summed E-state index contributed by atoms with van der Waals surface area (Å²) in [7, 11) is 0. The second-order valence-electron chi connectivity index (χ2n) is 15.6. The lowest BCUT2D eigenvalue weighted by Crippen LogP contribution is -2.66. The van der Waals surface area contributed by atoms with Gasteiger partial charge in [0.25, 0.3) is 0 Å². The fraction of sp³-hybridized carbons (Fsp3) is 1.00. The van der Waals surface area contributed by atoms with Crippen molar-refractivity contribution in [3.8, 4) is 0 Å². The summed E-state index contributed by atoms with van der Waals surface area (Å²) in [5.41, 5.74) is 0.359. The van der Waals surface area contributed by atoms with Gasteiger partial charge in [-0.05, 0) is 129 Å². The molecule has 0 saturated heterocycles. The molecule has 0 unspecified atom stereocenters. The summed E-state index contributed by atoms with van der Waals surface area (Å²) in [6.45, 7) is 21.1. The Morgan fingerprint density at radius 1 is 0.735 bits per heavy atom. The third-order valence-electron chi connectivity index (χ3n) is 13.7. The van der Waals surface area contributed by atoms with E-state index in [9.17, 15) is 15.3 Å². The summed E-state index contributed by atoms with van der Waals surface area (Å²) in [5, 5.41) is 31.6. The van der Waals surface area contributed by atoms with Crippen LogP contribution < -0.4 is 0 Å². The van der Waals surface area contributed by atoms with E-state index in [1.807, 2.05) is 0 Å². The number of aliphatic hydroxyl groups excluding tert-OH is 2. The minimum Gasteiger partial charge on any atom is -0.393 e. The molecule has 3 N–H and O–H groups in total. The van der Waals surface area contributed by atoms with Crippen molar-refractivity contribution in [3.05, 3.63) is 0 Å². The summed E-state index contributed by atoms with van der Waals surface area (Å²) in [6, 6.07) is 0. The monoisotopic (exact) mass is 476 g/mol. The number of hydrogen-bond donors (Lipinski definition) is 3. The zero-order chi connectivity index (χ0) is 25.5. The van der Waals surface area contributed by atoms with E-state index in [-0.39, 0.29) is 11.5 Å². The highest BCUT2D eigenvalue weighted by atomic mass is 16.3. The zero-order valence-corrected chi connectivity index (χ0v) is 23.9. The average molecular weight is 477 g/mol. The van der Waals surface area contributed by atoms with Gasteiger partial charge >= 0.3 is 0 Å². The number of aliphatic hydroxyl groups is 3. The van der Waals surface area contributed by atoms with Gasteiger partial charge in [-0.15, -0.1) is 0 Å². The van der Waals surface area contributed by atoms with Crippen molar-refractivity contribution in [2.75, 3.05) is 0 Å². The molecule has 4 aliphatic carbocycles. The van der Waals surface area contributed by atoms with Crippen LogP contribution in [0.3, 0.4) is 0 Å². The van der Waals surface area contributed by atoms with Crippen molar-refractivity contribution in [2.45, 2.75) is 144 Å². The molecule has 0 radical (unpaired) electrons. The minimum absolute atomic E-state index is 0.0106. The molecule has 4 saturated carbocycles. The van der Waals surface area contributed by atoms with Gasteiger partial charge in [0.1, 0.15) is 0 Å². The van der Waals surface area contributed by atoms with Crippen LogP contribution in [-0.4, -0.2) is 33.1 Å². The molecule has 0 aromatic carbocycles. The molecule has 198 valence electrons. The van der Waals surface area contributed by atoms with Gasteiger partial charge < -0.3 is 15.3 Å². The molecule has 4 rings (SSSR count). The molecule has 0 bridgehead atoms. The zero-order valence-electron chi connectivity index (χ0n) is 23.9. The van der Waals surface area contributed by atoms with Gasteiger partial charge in [-0.2, -0.15) is 0 Å². The Balaban J connectivity index is 1.59. The SMILES string of the molecule is C[C@H](CC[C@H](O)C(C)(C)O)[C@H]1CC[C@@]2(C)[C@@H]3CC[C@H]4C(C)(C)[C@@H](O)CC[C@]4(C)[C@]3(C)CC[C@]12C. The van der Waals surface area contributed by atoms with Crippen molar-refractivity contribution in [1.29, 1.82) is 0 Å². The lowest BCUT2D eigenvalue weighted by atomic mass is 9.33. The van der Waals surface area contributed by atoms with Crippen molar-refractivity contribution < 1.29 is 15.3 Å². The number of fused-ring (bicyclic) bond motifs is 5. The normalized spacial score (nSPS) is 50.1. The maximum Gasteiger partial charge on any atom is 0.0849 e. The Bertz CT molecular complexity index is 769. The van der Waals surface area contributed by atoms with E-state index >= 15 is 0 Å². The van der Waals surface area contributed by atoms with Crippen LogP contribution in [0.5, 0.6) is 0 Å². The highest BCUT2D eigenvalue weighted by Crippen LogP contribution is 2.78. The first-order valence-corrected chi connectivity index (χ1v) is 14.5. The van der Waals surface area contributed by atoms with Crippen LogP contribution >= 0.6 is 0 Å². The molecule has 0 aliphatic heterocycles. The van der Waals surface area contributed by atoms with E-state index in [0.29, 0.717) is 45.8 Å². The maximum absolute atomic E-state index is 10.9. The molecule has 3 heteroatoms. The van der Waals surface area contributed by atoms with Crippen LogP contribution in [0.1, 0.15) is 127 Å². The van der Waals surface area contributed by atoms with Crippen LogP contribution in [0.4, 0.5) is 0 Å². The second kappa shape index (κ2) is 8.19. The smallest absolute Gasteiger partial charge is 0.0849 e. The van der Waals surface area contributed by atoms with Gasteiger partial charge in [0, 0.05) is 0 Å². The summed E-state index contributed by atoms with van der Waals surface area (Å²) in [4.78, 5) is 0. The number of rotatable bonds is 5. The summed E-state index contributed by atoms with van der Waals surface area (Å²) in [6.07, 6.45) is 10.9. The minimum atomic E-state index is -1.02. The lowest BCUT2D eigenvalue weighted by Gasteiger charge is -2.72. The first kappa shape index (κ1) is 26.9. The highest BCUT2D eigenvalue weighted by Gasteiger charge is 2.71. The topological polar surface area (TPSA) is 60.7 Å². The number of hydrogen-bond acceptors (Lipinski definition) is 3. The fourth-order valence-corrected chi connectivity index (χ4v) is 10.9. The molecule has 4 aliphatic rings. The maximum atomic E-state index is 10.9. The highest BCUT2D eigenvalue weighted by molar-refractivity contribution is 5.20. The van der Waals surface area contributed by atoms with Crippen LogP contribution in [0, 0.1) is 50.7 Å². The molecule has 34 heavy (non-hydrogen) atoms. The molecular formula is C31H56O3. The van der Waals surface area contributed by atoms with Gasteiger partial charge in [-0.3, -0.25) is 0 Å². The van der Waals surface area contributed by atoms with Crippen LogP contribution in [0.2, 0.25) is 0 Å². The standard InChI is InChI=1S/C31H56O3/c1-20(10-13-25(33)27(4,5)34)21-14-16-30(8)23-12-11-22-26(2,3)24(32)15-17-29(22,7)31(23,9)19-18-28(21,30)6/h20-25,32-34H,10-19H2,1-9H3/t20-,21-,22+,23+,24+,25+,28-,29+,30+,31-/m1/s1. The quantitative estimate of drug-likeness (QED) is 0.401. The third kappa shape index (κ3) is 3.52. The van der Waals surface area contributed by atoms with E-state index in [1.165, 1.54) is 44.9 Å². The van der Waals surface area contributed by atoms with Gasteiger partial charge in [-0.25, -0.2) is 0 Å². The Morgan fingerprint density at radius 3 is 1.85 bits per heavy atom. The third-order valence-corrected chi connectivity index (χ3v) is 13.7. The molecular weight excluding hydrogens is 420 g/mol. The first-order chi connectivity index (χ1) is 15.4. The predicted octanol–water partition coefficient (Wildman–Crippen LogP) is 6.97. The summed E-state index contributed by atoms with van der Waals surface area (Å²) >= 11 is 0. The lowest BCUT2D eigenvalue weighted by molar-refractivity contribution is -0.244. The molecule has 0 amide bonds. The molecule has 0 aromatic rings. The Hall–Kier alpha value is -0.120. The van der Waals surface area contributed by atoms with Crippen molar-refractivity contribution in [2.24, 2.45) is 50.7 Å². The Labute approximate surface area is 210 Å². The fourth-order valence-electron chi connectivity index (χ4n) is 10.9. The van der Waals surface area contributed by atoms with Gasteiger partial charge in [0.15, 0.2) is 0 Å². The van der Waals surface area contributed by atoms with Crippen molar-refractivity contribution >= 4 is 0 Å². The molecule has 0 heterocycles. The van der Waals surface area contributed by atoms with E-state index in [1.54, 1.807) is 13.8 Å². The second-order valence-corrected chi connectivity index (χ2v) is 15.6. The largest absolute Gasteiger partial charge is 0.393 e. The predicted molar refractivity (Wildman–Crippen MR) is 140 cm³/mol. The van der Waals surface area contributed by atoms with E-state index in [2.05, 4.69) is 48.5 Å². The van der Waals surface area contributed by atoms with Crippen molar-refractivity contribution in [3.63, 3.8) is 0 Å². The first-order valence-electron chi connectivity index (χ1n) is 14.5. The molecule has 3 nitrogen and oxygen atoms in total. The van der Waals surface area contributed by atoms with Gasteiger partial charge in [-0.1, -0.05) is 48.5 Å².